The number of nitrogens with zero attached hydrogens (tertiary/aromatic N) is 1. The summed E-state index contributed by atoms with van der Waals surface area (Å²) in [4.78, 5) is 14.4. The summed E-state index contributed by atoms with van der Waals surface area (Å²) in [6, 6.07) is 16.2. The molecule has 22 heavy (non-hydrogen) atoms. The van der Waals surface area contributed by atoms with Gasteiger partial charge in [0.1, 0.15) is 0 Å². The predicted molar refractivity (Wildman–Crippen MR) is 93.5 cm³/mol. The Kier molecular flexibility index (Phi) is 5.59. The fourth-order valence-corrected chi connectivity index (χ4v) is 2.52. The van der Waals surface area contributed by atoms with Crippen LogP contribution >= 0.6 is 0 Å². The van der Waals surface area contributed by atoms with Crippen LogP contribution in [0.3, 0.4) is 0 Å². The normalized spacial score (nSPS) is 10.3. The van der Waals surface area contributed by atoms with Gasteiger partial charge in [-0.1, -0.05) is 37.3 Å². The number of likely N-dealkylation sites (N-methyl/N-ethyl adjacent to an activating group) is 1. The van der Waals surface area contributed by atoms with E-state index in [9.17, 15) is 4.79 Å². The summed E-state index contributed by atoms with van der Waals surface area (Å²) in [6.45, 7) is 7.38. The Labute approximate surface area is 133 Å². The van der Waals surface area contributed by atoms with Gasteiger partial charge in [-0.05, 0) is 49.6 Å². The molecule has 0 atom stereocenters. The van der Waals surface area contributed by atoms with Crippen molar-refractivity contribution in [2.24, 2.45) is 0 Å². The second kappa shape index (κ2) is 7.64. The summed E-state index contributed by atoms with van der Waals surface area (Å²) in [6.07, 6.45) is 0.909. The molecule has 0 aromatic heterocycles. The minimum atomic E-state index is 0.0178. The summed E-state index contributed by atoms with van der Waals surface area (Å²) in [5, 5.41) is 3.03. The van der Waals surface area contributed by atoms with Gasteiger partial charge in [-0.25, -0.2) is 0 Å². The third-order valence-electron chi connectivity index (χ3n) is 3.76. The standard InChI is InChI=1S/C19H24N2O/c1-4-16-10-6-7-12-18(16)20-19(22)14-21(5-2)17-11-8-9-15(3)13-17/h6-13H,4-5,14H2,1-3H3,(H,20,22). The SMILES string of the molecule is CCc1ccccc1NC(=O)CN(CC)c1cccc(C)c1. The average molecular weight is 296 g/mol. The van der Waals surface area contributed by atoms with Gasteiger partial charge in [-0.3, -0.25) is 4.79 Å². The van der Waals surface area contributed by atoms with Gasteiger partial charge in [0, 0.05) is 17.9 Å². The fourth-order valence-electron chi connectivity index (χ4n) is 2.52. The van der Waals surface area contributed by atoms with Crippen molar-refractivity contribution in [2.45, 2.75) is 27.2 Å². The molecule has 0 aliphatic rings. The highest BCUT2D eigenvalue weighted by molar-refractivity contribution is 5.94. The smallest absolute Gasteiger partial charge is 0.243 e. The van der Waals surface area contributed by atoms with Crippen LogP contribution in [0, 0.1) is 6.92 Å². The predicted octanol–water partition coefficient (Wildman–Crippen LogP) is 4.02. The topological polar surface area (TPSA) is 32.3 Å². The van der Waals surface area contributed by atoms with E-state index in [0.29, 0.717) is 6.54 Å². The molecule has 116 valence electrons. The number of carbonyl (C=O) groups excluding carboxylic acids is 1. The maximum atomic E-state index is 12.4. The van der Waals surface area contributed by atoms with Gasteiger partial charge in [0.25, 0.3) is 0 Å². The van der Waals surface area contributed by atoms with E-state index in [4.69, 9.17) is 0 Å². The van der Waals surface area contributed by atoms with Crippen LogP contribution in [0.5, 0.6) is 0 Å². The zero-order valence-corrected chi connectivity index (χ0v) is 13.6. The zero-order chi connectivity index (χ0) is 15.9. The van der Waals surface area contributed by atoms with Crippen LogP contribution in [-0.4, -0.2) is 19.0 Å². The lowest BCUT2D eigenvalue weighted by Crippen LogP contribution is -2.33. The molecule has 0 saturated carbocycles. The van der Waals surface area contributed by atoms with Crippen molar-refractivity contribution in [3.05, 3.63) is 59.7 Å². The molecule has 1 amide bonds. The Morgan fingerprint density at radius 2 is 1.86 bits per heavy atom. The van der Waals surface area contributed by atoms with E-state index in [1.165, 1.54) is 5.56 Å². The molecule has 2 aromatic carbocycles. The van der Waals surface area contributed by atoms with E-state index < -0.39 is 0 Å². The number of rotatable bonds is 6. The van der Waals surface area contributed by atoms with Gasteiger partial charge in [0.15, 0.2) is 0 Å². The van der Waals surface area contributed by atoms with Gasteiger partial charge < -0.3 is 10.2 Å². The zero-order valence-electron chi connectivity index (χ0n) is 13.6. The van der Waals surface area contributed by atoms with Crippen molar-refractivity contribution in [1.82, 2.24) is 0 Å². The molecule has 3 nitrogen and oxygen atoms in total. The van der Waals surface area contributed by atoms with E-state index >= 15 is 0 Å². The van der Waals surface area contributed by atoms with Crippen LogP contribution in [0.1, 0.15) is 25.0 Å². The number of amides is 1. The Bertz CT molecular complexity index is 637. The first-order chi connectivity index (χ1) is 10.6. The van der Waals surface area contributed by atoms with Crippen LogP contribution in [0.15, 0.2) is 48.5 Å². The molecule has 1 N–H and O–H groups in total. The van der Waals surface area contributed by atoms with Crippen LogP contribution in [0.4, 0.5) is 11.4 Å². The monoisotopic (exact) mass is 296 g/mol. The Morgan fingerprint density at radius 3 is 2.55 bits per heavy atom. The Hall–Kier alpha value is -2.29. The molecular formula is C19H24N2O. The van der Waals surface area contributed by atoms with Crippen LogP contribution in [-0.2, 0) is 11.2 Å². The number of benzene rings is 2. The van der Waals surface area contributed by atoms with Gasteiger partial charge in [-0.2, -0.15) is 0 Å². The Morgan fingerprint density at radius 1 is 1.09 bits per heavy atom. The number of hydrogen-bond acceptors (Lipinski definition) is 2. The fraction of sp³-hybridized carbons (Fsp3) is 0.316. The van der Waals surface area contributed by atoms with E-state index in [0.717, 1.165) is 29.9 Å². The van der Waals surface area contributed by atoms with Gasteiger partial charge in [0.05, 0.1) is 6.54 Å². The number of aryl methyl sites for hydroxylation is 2. The second-order valence-corrected chi connectivity index (χ2v) is 5.41. The minimum absolute atomic E-state index is 0.0178. The highest BCUT2D eigenvalue weighted by atomic mass is 16.2. The van der Waals surface area contributed by atoms with Gasteiger partial charge in [-0.15, -0.1) is 0 Å². The number of anilines is 2. The molecule has 0 spiro atoms. The molecule has 0 bridgehead atoms. The van der Waals surface area contributed by atoms with Crippen LogP contribution < -0.4 is 10.2 Å². The largest absolute Gasteiger partial charge is 0.362 e. The highest BCUT2D eigenvalue weighted by Crippen LogP contribution is 2.17. The lowest BCUT2D eigenvalue weighted by atomic mass is 10.1. The summed E-state index contributed by atoms with van der Waals surface area (Å²) in [5.41, 5.74) is 4.36. The molecule has 0 heterocycles. The van der Waals surface area contributed by atoms with Gasteiger partial charge in [0.2, 0.25) is 5.91 Å². The molecule has 3 heteroatoms. The van der Waals surface area contributed by atoms with Crippen molar-refractivity contribution >= 4 is 17.3 Å². The number of para-hydroxylation sites is 1. The van der Waals surface area contributed by atoms with Crippen LogP contribution in [0.2, 0.25) is 0 Å². The lowest BCUT2D eigenvalue weighted by molar-refractivity contribution is -0.115. The summed E-state index contributed by atoms with van der Waals surface area (Å²) >= 11 is 0. The molecule has 0 unspecified atom stereocenters. The second-order valence-electron chi connectivity index (χ2n) is 5.41. The minimum Gasteiger partial charge on any atom is -0.362 e. The number of nitrogens with one attached hydrogen (secondary N) is 1. The molecule has 0 aliphatic heterocycles. The molecule has 2 aromatic rings. The van der Waals surface area contributed by atoms with E-state index in [2.05, 4.69) is 43.1 Å². The maximum Gasteiger partial charge on any atom is 0.243 e. The first-order valence-electron chi connectivity index (χ1n) is 7.83. The van der Waals surface area contributed by atoms with E-state index in [1.807, 2.05) is 36.4 Å². The summed E-state index contributed by atoms with van der Waals surface area (Å²) < 4.78 is 0. The average Bonchev–Trinajstić information content (AvgIpc) is 2.53. The third-order valence-corrected chi connectivity index (χ3v) is 3.76. The molecular weight excluding hydrogens is 272 g/mol. The summed E-state index contributed by atoms with van der Waals surface area (Å²) in [7, 11) is 0. The van der Waals surface area contributed by atoms with Crippen LogP contribution in [0.25, 0.3) is 0 Å². The number of hydrogen-bond donors (Lipinski definition) is 1. The van der Waals surface area contributed by atoms with Crippen molar-refractivity contribution in [3.63, 3.8) is 0 Å². The van der Waals surface area contributed by atoms with Crippen molar-refractivity contribution in [2.75, 3.05) is 23.3 Å². The van der Waals surface area contributed by atoms with E-state index in [-0.39, 0.29) is 5.91 Å². The Balaban J connectivity index is 2.06. The molecule has 2 rings (SSSR count). The van der Waals surface area contributed by atoms with Crippen molar-refractivity contribution in [1.29, 1.82) is 0 Å². The molecule has 0 aliphatic carbocycles. The lowest BCUT2D eigenvalue weighted by Gasteiger charge is -2.23. The van der Waals surface area contributed by atoms with Crippen molar-refractivity contribution < 1.29 is 4.79 Å². The number of carbonyl (C=O) groups is 1. The molecule has 0 radical (unpaired) electrons. The van der Waals surface area contributed by atoms with E-state index in [1.54, 1.807) is 0 Å². The van der Waals surface area contributed by atoms with Crippen molar-refractivity contribution in [3.8, 4) is 0 Å². The third kappa shape index (κ3) is 4.10. The first kappa shape index (κ1) is 16.1. The highest BCUT2D eigenvalue weighted by Gasteiger charge is 2.11. The maximum absolute atomic E-state index is 12.4. The summed E-state index contributed by atoms with van der Waals surface area (Å²) in [5.74, 6) is 0.0178. The quantitative estimate of drug-likeness (QED) is 0.873. The molecule has 0 fully saturated rings. The first-order valence-corrected chi connectivity index (χ1v) is 7.83. The molecule has 0 saturated heterocycles. The van der Waals surface area contributed by atoms with Gasteiger partial charge >= 0.3 is 0 Å².